The molecule has 2 N–H and O–H groups in total. The standard InChI is InChI=1S/C19H19N3O4/c1-12-16(6-3-7-17(12)22(25)26)19(24)20-11-13-4-2-5-15(10-13)21-18(23)14-8-9-14/h2-7,10,14H,8-9,11H2,1H3,(H,20,24)(H,21,23). The molecule has 26 heavy (non-hydrogen) atoms. The summed E-state index contributed by atoms with van der Waals surface area (Å²) in [6.45, 7) is 1.81. The largest absolute Gasteiger partial charge is 0.348 e. The maximum atomic E-state index is 12.4. The average Bonchev–Trinajstić information content (AvgIpc) is 3.45. The van der Waals surface area contributed by atoms with Crippen molar-refractivity contribution in [3.8, 4) is 0 Å². The quantitative estimate of drug-likeness (QED) is 0.615. The number of hydrogen-bond donors (Lipinski definition) is 2. The molecule has 0 unspecified atom stereocenters. The van der Waals surface area contributed by atoms with Crippen LogP contribution in [0.2, 0.25) is 0 Å². The minimum absolute atomic E-state index is 0.0263. The number of nitro groups is 1. The summed E-state index contributed by atoms with van der Waals surface area (Å²) < 4.78 is 0. The number of carbonyl (C=O) groups excluding carboxylic acids is 2. The molecule has 2 aromatic rings. The molecule has 0 aromatic heterocycles. The number of hydrogen-bond acceptors (Lipinski definition) is 4. The number of anilines is 1. The summed E-state index contributed by atoms with van der Waals surface area (Å²) in [5.41, 5.74) is 2.05. The lowest BCUT2D eigenvalue weighted by Crippen LogP contribution is -2.24. The average molecular weight is 353 g/mol. The molecule has 0 radical (unpaired) electrons. The zero-order valence-corrected chi connectivity index (χ0v) is 14.3. The summed E-state index contributed by atoms with van der Waals surface area (Å²) in [6.07, 6.45) is 1.87. The van der Waals surface area contributed by atoms with E-state index in [1.165, 1.54) is 12.1 Å². The molecular weight excluding hydrogens is 334 g/mol. The first-order chi connectivity index (χ1) is 12.5. The second-order valence-electron chi connectivity index (χ2n) is 6.35. The molecule has 1 aliphatic carbocycles. The van der Waals surface area contributed by atoms with Crippen molar-refractivity contribution in [2.24, 2.45) is 5.92 Å². The van der Waals surface area contributed by atoms with Crippen molar-refractivity contribution in [2.75, 3.05) is 5.32 Å². The fourth-order valence-electron chi connectivity index (χ4n) is 2.69. The SMILES string of the molecule is Cc1c(C(=O)NCc2cccc(NC(=O)C3CC3)c2)cccc1[N+](=O)[O-]. The third-order valence-electron chi connectivity index (χ3n) is 4.34. The molecule has 3 rings (SSSR count). The maximum Gasteiger partial charge on any atom is 0.273 e. The summed E-state index contributed by atoms with van der Waals surface area (Å²) in [7, 11) is 0. The number of benzene rings is 2. The fraction of sp³-hybridized carbons (Fsp3) is 0.263. The van der Waals surface area contributed by atoms with Gasteiger partial charge in [0.25, 0.3) is 11.6 Å². The van der Waals surface area contributed by atoms with Crippen LogP contribution in [0.5, 0.6) is 0 Å². The van der Waals surface area contributed by atoms with Crippen molar-refractivity contribution in [1.82, 2.24) is 5.32 Å². The number of carbonyl (C=O) groups is 2. The van der Waals surface area contributed by atoms with Crippen molar-refractivity contribution >= 4 is 23.2 Å². The van der Waals surface area contributed by atoms with E-state index in [1.54, 1.807) is 25.1 Å². The van der Waals surface area contributed by atoms with Crippen LogP contribution >= 0.6 is 0 Å². The number of amides is 2. The van der Waals surface area contributed by atoms with Crippen molar-refractivity contribution in [3.05, 3.63) is 69.3 Å². The molecule has 0 atom stereocenters. The van der Waals surface area contributed by atoms with E-state index in [9.17, 15) is 19.7 Å². The first-order valence-electron chi connectivity index (χ1n) is 8.37. The third kappa shape index (κ3) is 4.05. The van der Waals surface area contributed by atoms with Crippen LogP contribution < -0.4 is 10.6 Å². The normalized spacial score (nSPS) is 13.1. The van der Waals surface area contributed by atoms with E-state index in [2.05, 4.69) is 10.6 Å². The Balaban J connectivity index is 1.65. The van der Waals surface area contributed by atoms with E-state index in [0.717, 1.165) is 18.4 Å². The van der Waals surface area contributed by atoms with Gasteiger partial charge in [0, 0.05) is 35.3 Å². The van der Waals surface area contributed by atoms with Crippen LogP contribution in [0.1, 0.15) is 34.3 Å². The molecule has 1 saturated carbocycles. The lowest BCUT2D eigenvalue weighted by atomic mass is 10.1. The van der Waals surface area contributed by atoms with Gasteiger partial charge in [0.05, 0.1) is 4.92 Å². The van der Waals surface area contributed by atoms with E-state index in [1.807, 2.05) is 12.1 Å². The van der Waals surface area contributed by atoms with Gasteiger partial charge < -0.3 is 10.6 Å². The van der Waals surface area contributed by atoms with Crippen LogP contribution in [0.15, 0.2) is 42.5 Å². The van der Waals surface area contributed by atoms with E-state index >= 15 is 0 Å². The first kappa shape index (κ1) is 17.6. The fourth-order valence-corrected chi connectivity index (χ4v) is 2.69. The van der Waals surface area contributed by atoms with Gasteiger partial charge in [-0.15, -0.1) is 0 Å². The Bertz CT molecular complexity index is 875. The predicted molar refractivity (Wildman–Crippen MR) is 96.8 cm³/mol. The van der Waals surface area contributed by atoms with Crippen LogP contribution in [-0.2, 0) is 11.3 Å². The van der Waals surface area contributed by atoms with Gasteiger partial charge in [-0.25, -0.2) is 0 Å². The van der Waals surface area contributed by atoms with Gasteiger partial charge >= 0.3 is 0 Å². The van der Waals surface area contributed by atoms with Gasteiger partial charge in [-0.2, -0.15) is 0 Å². The molecule has 0 aliphatic heterocycles. The third-order valence-corrected chi connectivity index (χ3v) is 4.34. The van der Waals surface area contributed by atoms with Gasteiger partial charge in [0.1, 0.15) is 0 Å². The van der Waals surface area contributed by atoms with Gasteiger partial charge in [-0.1, -0.05) is 18.2 Å². The molecular formula is C19H19N3O4. The highest BCUT2D eigenvalue weighted by Gasteiger charge is 2.29. The highest BCUT2D eigenvalue weighted by Crippen LogP contribution is 2.30. The number of nitrogens with zero attached hydrogens (tertiary/aromatic N) is 1. The summed E-state index contributed by atoms with van der Waals surface area (Å²) >= 11 is 0. The molecule has 7 heteroatoms. The summed E-state index contributed by atoms with van der Waals surface area (Å²) in [5, 5.41) is 16.6. The van der Waals surface area contributed by atoms with Gasteiger partial charge in [0.2, 0.25) is 5.91 Å². The van der Waals surface area contributed by atoms with Gasteiger partial charge in [-0.3, -0.25) is 19.7 Å². The predicted octanol–water partition coefficient (Wildman–Crippen LogP) is 3.18. The smallest absolute Gasteiger partial charge is 0.273 e. The molecule has 0 bridgehead atoms. The Morgan fingerprint density at radius 1 is 1.19 bits per heavy atom. The molecule has 7 nitrogen and oxygen atoms in total. The molecule has 0 heterocycles. The van der Waals surface area contributed by atoms with Crippen molar-refractivity contribution < 1.29 is 14.5 Å². The van der Waals surface area contributed by atoms with Gasteiger partial charge in [-0.05, 0) is 43.5 Å². The Labute approximate surface area is 150 Å². The summed E-state index contributed by atoms with van der Waals surface area (Å²) in [4.78, 5) is 34.7. The highest BCUT2D eigenvalue weighted by atomic mass is 16.6. The van der Waals surface area contributed by atoms with Crippen LogP contribution in [0.3, 0.4) is 0 Å². The molecule has 2 aromatic carbocycles. The van der Waals surface area contributed by atoms with E-state index < -0.39 is 4.92 Å². The monoisotopic (exact) mass is 353 g/mol. The van der Waals surface area contributed by atoms with Crippen LogP contribution in [0.25, 0.3) is 0 Å². The molecule has 0 saturated heterocycles. The Morgan fingerprint density at radius 3 is 2.62 bits per heavy atom. The summed E-state index contributed by atoms with van der Waals surface area (Å²) in [6, 6.07) is 11.7. The highest BCUT2D eigenvalue weighted by molar-refractivity contribution is 5.96. The topological polar surface area (TPSA) is 101 Å². The molecule has 1 fully saturated rings. The van der Waals surface area contributed by atoms with Crippen molar-refractivity contribution in [1.29, 1.82) is 0 Å². The second-order valence-corrected chi connectivity index (χ2v) is 6.35. The number of nitrogens with one attached hydrogen (secondary N) is 2. The second kappa shape index (κ2) is 7.35. The zero-order valence-electron chi connectivity index (χ0n) is 14.3. The molecule has 2 amide bonds. The van der Waals surface area contributed by atoms with E-state index in [0.29, 0.717) is 11.3 Å². The Kier molecular flexibility index (Phi) is 4.97. The Morgan fingerprint density at radius 2 is 1.92 bits per heavy atom. The van der Waals surface area contributed by atoms with Crippen molar-refractivity contribution in [3.63, 3.8) is 0 Å². The lowest BCUT2D eigenvalue weighted by molar-refractivity contribution is -0.385. The zero-order chi connectivity index (χ0) is 18.7. The van der Waals surface area contributed by atoms with Crippen LogP contribution in [-0.4, -0.2) is 16.7 Å². The minimum Gasteiger partial charge on any atom is -0.348 e. The van der Waals surface area contributed by atoms with Crippen molar-refractivity contribution in [2.45, 2.75) is 26.3 Å². The van der Waals surface area contributed by atoms with E-state index in [-0.39, 0.29) is 35.5 Å². The van der Waals surface area contributed by atoms with Crippen LogP contribution in [0.4, 0.5) is 11.4 Å². The number of rotatable bonds is 6. The minimum atomic E-state index is -0.502. The molecule has 0 spiro atoms. The molecule has 134 valence electrons. The summed E-state index contributed by atoms with van der Waals surface area (Å²) in [5.74, 6) is -0.229. The maximum absolute atomic E-state index is 12.4. The van der Waals surface area contributed by atoms with Gasteiger partial charge in [0.15, 0.2) is 0 Å². The number of nitro benzene ring substituents is 1. The lowest BCUT2D eigenvalue weighted by Gasteiger charge is -2.10. The Hall–Kier alpha value is -3.22. The first-order valence-corrected chi connectivity index (χ1v) is 8.37. The van der Waals surface area contributed by atoms with E-state index in [4.69, 9.17) is 0 Å². The van der Waals surface area contributed by atoms with Crippen LogP contribution in [0, 0.1) is 23.0 Å². The molecule has 1 aliphatic rings.